The zero-order valence-corrected chi connectivity index (χ0v) is 13.0. The number of anilines is 2. The average Bonchev–Trinajstić information content (AvgIpc) is 2.52. The average molecular weight is 331 g/mol. The lowest BCUT2D eigenvalue weighted by atomic mass is 10.1. The number of ether oxygens (including phenoxy) is 1. The van der Waals surface area contributed by atoms with E-state index in [0.29, 0.717) is 35.0 Å². The summed E-state index contributed by atoms with van der Waals surface area (Å²) in [5.41, 5.74) is 2.28. The monoisotopic (exact) mass is 330 g/mol. The number of hydrogen-bond donors (Lipinski definition) is 2. The number of rotatable bonds is 4. The second kappa shape index (κ2) is 6.71. The Morgan fingerprint density at radius 3 is 2.96 bits per heavy atom. The summed E-state index contributed by atoms with van der Waals surface area (Å²) >= 11 is 5.88. The lowest BCUT2D eigenvalue weighted by Gasteiger charge is -2.18. The van der Waals surface area contributed by atoms with Gasteiger partial charge in [-0.1, -0.05) is 23.7 Å². The number of amides is 2. The van der Waals surface area contributed by atoms with Crippen LogP contribution in [0.15, 0.2) is 42.5 Å². The first-order valence-electron chi connectivity index (χ1n) is 7.21. The van der Waals surface area contributed by atoms with Crippen molar-refractivity contribution in [2.75, 3.05) is 17.2 Å². The van der Waals surface area contributed by atoms with Crippen LogP contribution in [-0.2, 0) is 16.0 Å². The van der Waals surface area contributed by atoms with Crippen molar-refractivity contribution in [2.24, 2.45) is 0 Å². The first kappa shape index (κ1) is 15.4. The number of carbonyl (C=O) groups excluding carboxylic acids is 2. The summed E-state index contributed by atoms with van der Waals surface area (Å²) in [5.74, 6) is 0.385. The fourth-order valence-corrected chi connectivity index (χ4v) is 2.52. The van der Waals surface area contributed by atoms with Gasteiger partial charge in [0.05, 0.1) is 5.69 Å². The summed E-state index contributed by atoms with van der Waals surface area (Å²) in [5, 5.41) is 6.14. The van der Waals surface area contributed by atoms with E-state index in [0.717, 1.165) is 5.56 Å². The summed E-state index contributed by atoms with van der Waals surface area (Å²) in [4.78, 5) is 23.3. The van der Waals surface area contributed by atoms with Gasteiger partial charge in [-0.05, 0) is 42.3 Å². The van der Waals surface area contributed by atoms with Crippen LogP contribution in [0.25, 0.3) is 0 Å². The van der Waals surface area contributed by atoms with E-state index in [1.165, 1.54) is 0 Å². The smallest absolute Gasteiger partial charge is 0.262 e. The molecule has 2 aromatic carbocycles. The molecular formula is C17H15ClN2O3. The summed E-state index contributed by atoms with van der Waals surface area (Å²) in [6.45, 7) is 0.0361. The van der Waals surface area contributed by atoms with E-state index in [4.69, 9.17) is 16.3 Å². The third kappa shape index (κ3) is 4.02. The van der Waals surface area contributed by atoms with Crippen LogP contribution < -0.4 is 15.4 Å². The van der Waals surface area contributed by atoms with Gasteiger partial charge in [-0.2, -0.15) is 0 Å². The highest BCUT2D eigenvalue weighted by atomic mass is 35.5. The van der Waals surface area contributed by atoms with Gasteiger partial charge in [-0.3, -0.25) is 9.59 Å². The fourth-order valence-electron chi connectivity index (χ4n) is 2.33. The fraction of sp³-hybridized carbons (Fsp3) is 0.176. The molecule has 1 aliphatic rings. The van der Waals surface area contributed by atoms with Crippen molar-refractivity contribution in [3.8, 4) is 5.75 Å². The molecule has 0 unspecified atom stereocenters. The molecular weight excluding hydrogens is 316 g/mol. The van der Waals surface area contributed by atoms with Crippen molar-refractivity contribution in [3.05, 3.63) is 53.1 Å². The van der Waals surface area contributed by atoms with Crippen LogP contribution in [-0.4, -0.2) is 18.4 Å². The number of carbonyl (C=O) groups is 2. The lowest BCUT2D eigenvalue weighted by Crippen LogP contribution is -2.25. The van der Waals surface area contributed by atoms with Crippen molar-refractivity contribution in [1.29, 1.82) is 0 Å². The Morgan fingerprint density at radius 2 is 2.13 bits per heavy atom. The molecule has 2 aromatic rings. The van der Waals surface area contributed by atoms with Gasteiger partial charge in [-0.25, -0.2) is 0 Å². The van der Waals surface area contributed by atoms with Crippen LogP contribution in [0.3, 0.4) is 0 Å². The molecule has 0 radical (unpaired) electrons. The van der Waals surface area contributed by atoms with Gasteiger partial charge in [0.15, 0.2) is 6.61 Å². The van der Waals surface area contributed by atoms with Gasteiger partial charge < -0.3 is 15.4 Å². The first-order chi connectivity index (χ1) is 11.1. The van der Waals surface area contributed by atoms with Crippen molar-refractivity contribution >= 4 is 34.8 Å². The van der Waals surface area contributed by atoms with E-state index < -0.39 is 0 Å². The van der Waals surface area contributed by atoms with Crippen molar-refractivity contribution in [1.82, 2.24) is 0 Å². The number of hydrogen-bond acceptors (Lipinski definition) is 3. The van der Waals surface area contributed by atoms with E-state index in [1.54, 1.807) is 30.3 Å². The normalized spacial score (nSPS) is 12.8. The quantitative estimate of drug-likeness (QED) is 0.904. The topological polar surface area (TPSA) is 67.4 Å². The molecule has 3 rings (SSSR count). The molecule has 2 amide bonds. The molecule has 118 valence electrons. The van der Waals surface area contributed by atoms with Crippen molar-refractivity contribution in [3.63, 3.8) is 0 Å². The van der Waals surface area contributed by atoms with E-state index in [2.05, 4.69) is 10.6 Å². The van der Waals surface area contributed by atoms with Crippen LogP contribution in [0.2, 0.25) is 5.02 Å². The second-order valence-corrected chi connectivity index (χ2v) is 5.66. The summed E-state index contributed by atoms with van der Waals surface area (Å²) in [7, 11) is 0. The maximum absolute atomic E-state index is 12.0. The highest BCUT2D eigenvalue weighted by Crippen LogP contribution is 2.28. The number of benzene rings is 2. The Hall–Kier alpha value is -2.53. The number of aryl methyl sites for hydroxylation is 1. The molecule has 0 aromatic heterocycles. The minimum atomic E-state index is -0.173. The molecule has 5 nitrogen and oxygen atoms in total. The first-order valence-corrected chi connectivity index (χ1v) is 7.59. The molecule has 1 aliphatic heterocycles. The zero-order chi connectivity index (χ0) is 16.2. The van der Waals surface area contributed by atoms with Crippen LogP contribution in [0.5, 0.6) is 5.75 Å². The predicted octanol–water partition coefficient (Wildman–Crippen LogP) is 3.24. The lowest BCUT2D eigenvalue weighted by molar-refractivity contribution is -0.118. The Morgan fingerprint density at radius 1 is 1.26 bits per heavy atom. The molecule has 2 N–H and O–H groups in total. The third-order valence-corrected chi connectivity index (χ3v) is 3.66. The number of nitrogens with one attached hydrogen (secondary N) is 2. The van der Waals surface area contributed by atoms with Gasteiger partial charge >= 0.3 is 0 Å². The minimum Gasteiger partial charge on any atom is -0.482 e. The standard InChI is InChI=1S/C17H15ClN2O3/c18-12-2-1-3-13(9-12)19-16(21)7-5-11-4-6-15-14(8-11)20-17(22)10-23-15/h1-4,6,8-9H,5,7,10H2,(H,19,21)(H,20,22). The van der Waals surface area contributed by atoms with E-state index in [-0.39, 0.29) is 18.4 Å². The maximum Gasteiger partial charge on any atom is 0.262 e. The summed E-state index contributed by atoms with van der Waals surface area (Å²) in [6, 6.07) is 12.5. The highest BCUT2D eigenvalue weighted by molar-refractivity contribution is 6.30. The molecule has 0 saturated carbocycles. The van der Waals surface area contributed by atoms with Gasteiger partial charge in [0.25, 0.3) is 5.91 Å². The van der Waals surface area contributed by atoms with E-state index in [1.807, 2.05) is 12.1 Å². The highest BCUT2D eigenvalue weighted by Gasteiger charge is 2.16. The Balaban J connectivity index is 1.59. The molecule has 0 bridgehead atoms. The third-order valence-electron chi connectivity index (χ3n) is 3.43. The minimum absolute atomic E-state index is 0.0361. The van der Waals surface area contributed by atoms with E-state index >= 15 is 0 Å². The van der Waals surface area contributed by atoms with Crippen LogP contribution in [0.4, 0.5) is 11.4 Å². The summed E-state index contributed by atoms with van der Waals surface area (Å²) in [6.07, 6.45) is 0.898. The van der Waals surface area contributed by atoms with Crippen molar-refractivity contribution in [2.45, 2.75) is 12.8 Å². The van der Waals surface area contributed by atoms with Gasteiger partial charge in [0.2, 0.25) is 5.91 Å². The largest absolute Gasteiger partial charge is 0.482 e. The molecule has 0 aliphatic carbocycles. The van der Waals surface area contributed by atoms with Crippen LogP contribution in [0.1, 0.15) is 12.0 Å². The summed E-state index contributed by atoms with van der Waals surface area (Å²) < 4.78 is 5.30. The Bertz CT molecular complexity index is 761. The molecule has 0 fully saturated rings. The number of halogens is 1. The van der Waals surface area contributed by atoms with Crippen molar-refractivity contribution < 1.29 is 14.3 Å². The van der Waals surface area contributed by atoms with Gasteiger partial charge in [0.1, 0.15) is 5.75 Å². The maximum atomic E-state index is 12.0. The van der Waals surface area contributed by atoms with Gasteiger partial charge in [-0.15, -0.1) is 0 Å². The molecule has 0 spiro atoms. The Labute approximate surface area is 138 Å². The molecule has 1 heterocycles. The SMILES string of the molecule is O=C(CCc1ccc2c(c1)NC(=O)CO2)Nc1cccc(Cl)c1. The number of fused-ring (bicyclic) bond motifs is 1. The molecule has 6 heteroatoms. The second-order valence-electron chi connectivity index (χ2n) is 5.23. The van der Waals surface area contributed by atoms with Gasteiger partial charge in [0, 0.05) is 17.1 Å². The molecule has 0 atom stereocenters. The van der Waals surface area contributed by atoms with Crippen LogP contribution in [0, 0.1) is 0 Å². The predicted molar refractivity (Wildman–Crippen MR) is 89.0 cm³/mol. The van der Waals surface area contributed by atoms with Crippen LogP contribution >= 0.6 is 11.6 Å². The Kier molecular flexibility index (Phi) is 4.48. The molecule has 23 heavy (non-hydrogen) atoms. The van der Waals surface area contributed by atoms with E-state index in [9.17, 15) is 9.59 Å². The zero-order valence-electron chi connectivity index (χ0n) is 12.3. The molecule has 0 saturated heterocycles.